The van der Waals surface area contributed by atoms with E-state index >= 15 is 0 Å². The van der Waals surface area contributed by atoms with E-state index in [0.29, 0.717) is 0 Å². The third kappa shape index (κ3) is 2.90. The zero-order chi connectivity index (χ0) is 8.97. The molecular weight excluding hydrogens is 164 g/mol. The van der Waals surface area contributed by atoms with Gasteiger partial charge in [-0.1, -0.05) is 36.2 Å². The Hall–Kier alpha value is -0.430. The monoisotopic (exact) mass is 180 g/mol. The van der Waals surface area contributed by atoms with Crippen molar-refractivity contribution in [1.29, 1.82) is 0 Å². The average molecular weight is 180 g/mol. The highest BCUT2D eigenvalue weighted by atomic mass is 32.2. The molecule has 0 N–H and O–H groups in total. The average Bonchev–Trinajstić information content (AvgIpc) is 1.99. The van der Waals surface area contributed by atoms with Crippen molar-refractivity contribution >= 4 is 11.8 Å². The first-order valence-electron chi connectivity index (χ1n) is 4.37. The summed E-state index contributed by atoms with van der Waals surface area (Å²) < 4.78 is 0. The normalized spacial score (nSPS) is 10.2. The van der Waals surface area contributed by atoms with Gasteiger partial charge in [0.1, 0.15) is 0 Å². The molecule has 66 valence electrons. The van der Waals surface area contributed by atoms with Crippen molar-refractivity contribution in [2.45, 2.75) is 26.5 Å². The predicted octanol–water partition coefficient (Wildman–Crippen LogP) is 3.56. The summed E-state index contributed by atoms with van der Waals surface area (Å²) in [5.74, 6) is 2.35. The molecule has 0 nitrogen and oxygen atoms in total. The first kappa shape index (κ1) is 9.66. The van der Waals surface area contributed by atoms with Crippen molar-refractivity contribution in [2.24, 2.45) is 0 Å². The molecule has 0 saturated carbocycles. The van der Waals surface area contributed by atoms with Crippen LogP contribution in [-0.4, -0.2) is 5.75 Å². The number of aryl methyl sites for hydroxylation is 2. The van der Waals surface area contributed by atoms with Gasteiger partial charge in [0.25, 0.3) is 0 Å². The van der Waals surface area contributed by atoms with Crippen molar-refractivity contribution in [2.75, 3.05) is 5.75 Å². The summed E-state index contributed by atoms with van der Waals surface area (Å²) in [6, 6.07) is 6.77. The highest BCUT2D eigenvalue weighted by molar-refractivity contribution is 7.98. The summed E-state index contributed by atoms with van der Waals surface area (Å²) in [4.78, 5) is 0. The summed E-state index contributed by atoms with van der Waals surface area (Å²) in [6.45, 7) is 6.52. The number of hydrogen-bond donors (Lipinski definition) is 0. The lowest BCUT2D eigenvalue weighted by Crippen LogP contribution is -1.85. The van der Waals surface area contributed by atoms with Gasteiger partial charge in [-0.3, -0.25) is 0 Å². The molecule has 0 aliphatic rings. The Morgan fingerprint density at radius 1 is 1.08 bits per heavy atom. The molecule has 0 atom stereocenters. The van der Waals surface area contributed by atoms with Crippen LogP contribution in [0.25, 0.3) is 0 Å². The van der Waals surface area contributed by atoms with Crippen LogP contribution < -0.4 is 0 Å². The van der Waals surface area contributed by atoms with Gasteiger partial charge < -0.3 is 0 Å². The standard InChI is InChI=1S/C11H16S/c1-4-12-8-11-6-9(2)5-10(3)7-11/h5-7H,4,8H2,1-3H3. The minimum absolute atomic E-state index is 1.15. The predicted molar refractivity (Wildman–Crippen MR) is 57.8 cm³/mol. The Kier molecular flexibility index (Phi) is 3.67. The fraction of sp³-hybridized carbons (Fsp3) is 0.455. The molecular formula is C11H16S. The van der Waals surface area contributed by atoms with E-state index in [4.69, 9.17) is 0 Å². The smallest absolute Gasteiger partial charge is 0.0184 e. The Morgan fingerprint density at radius 3 is 2.17 bits per heavy atom. The highest BCUT2D eigenvalue weighted by Crippen LogP contribution is 2.15. The molecule has 0 aliphatic heterocycles. The van der Waals surface area contributed by atoms with E-state index < -0.39 is 0 Å². The van der Waals surface area contributed by atoms with Crippen LogP contribution in [0.5, 0.6) is 0 Å². The van der Waals surface area contributed by atoms with Crippen LogP contribution >= 0.6 is 11.8 Å². The third-order valence-electron chi connectivity index (χ3n) is 1.75. The molecule has 1 aromatic carbocycles. The summed E-state index contributed by atoms with van der Waals surface area (Å²) in [5, 5.41) is 0. The van der Waals surface area contributed by atoms with Gasteiger partial charge in [0.05, 0.1) is 0 Å². The van der Waals surface area contributed by atoms with Crippen molar-refractivity contribution in [1.82, 2.24) is 0 Å². The van der Waals surface area contributed by atoms with Crippen LogP contribution in [0.1, 0.15) is 23.6 Å². The quantitative estimate of drug-likeness (QED) is 0.685. The Labute approximate surface area is 79.4 Å². The van der Waals surface area contributed by atoms with Crippen LogP contribution in [0.15, 0.2) is 18.2 Å². The second-order valence-corrected chi connectivity index (χ2v) is 4.41. The molecule has 0 bridgehead atoms. The Balaban J connectivity index is 2.72. The molecule has 1 rings (SSSR count). The van der Waals surface area contributed by atoms with E-state index in [-0.39, 0.29) is 0 Å². The van der Waals surface area contributed by atoms with E-state index in [0.717, 1.165) is 5.75 Å². The van der Waals surface area contributed by atoms with Crippen molar-refractivity contribution in [3.63, 3.8) is 0 Å². The molecule has 0 fully saturated rings. The SMILES string of the molecule is CCSCc1cc(C)cc(C)c1. The van der Waals surface area contributed by atoms with E-state index in [1.54, 1.807) is 0 Å². The largest absolute Gasteiger partial charge is 0.157 e. The molecule has 1 aromatic rings. The molecule has 0 heterocycles. The minimum atomic E-state index is 1.15. The zero-order valence-corrected chi connectivity index (χ0v) is 8.87. The second-order valence-electron chi connectivity index (χ2n) is 3.13. The fourth-order valence-corrected chi connectivity index (χ4v) is 1.98. The first-order valence-corrected chi connectivity index (χ1v) is 5.52. The van der Waals surface area contributed by atoms with Gasteiger partial charge in [0.15, 0.2) is 0 Å². The Morgan fingerprint density at radius 2 is 1.67 bits per heavy atom. The third-order valence-corrected chi connectivity index (χ3v) is 2.70. The van der Waals surface area contributed by atoms with Gasteiger partial charge in [0, 0.05) is 5.75 Å². The van der Waals surface area contributed by atoms with Crippen LogP contribution in [0, 0.1) is 13.8 Å². The van der Waals surface area contributed by atoms with E-state index in [1.165, 1.54) is 22.4 Å². The van der Waals surface area contributed by atoms with Crippen molar-refractivity contribution in [3.8, 4) is 0 Å². The molecule has 0 aromatic heterocycles. The number of thioether (sulfide) groups is 1. The first-order chi connectivity index (χ1) is 5.72. The fourth-order valence-electron chi connectivity index (χ4n) is 1.37. The topological polar surface area (TPSA) is 0 Å². The minimum Gasteiger partial charge on any atom is -0.157 e. The van der Waals surface area contributed by atoms with Crippen molar-refractivity contribution < 1.29 is 0 Å². The molecule has 1 heteroatoms. The number of rotatable bonds is 3. The van der Waals surface area contributed by atoms with Crippen LogP contribution in [-0.2, 0) is 5.75 Å². The van der Waals surface area contributed by atoms with Gasteiger partial charge in [0.2, 0.25) is 0 Å². The second kappa shape index (κ2) is 4.56. The molecule has 0 amide bonds. The number of hydrogen-bond acceptors (Lipinski definition) is 1. The Bertz CT molecular complexity index is 233. The van der Waals surface area contributed by atoms with E-state index in [2.05, 4.69) is 39.0 Å². The van der Waals surface area contributed by atoms with Gasteiger partial charge in [-0.25, -0.2) is 0 Å². The molecule has 0 saturated heterocycles. The molecule has 0 spiro atoms. The maximum atomic E-state index is 2.27. The van der Waals surface area contributed by atoms with E-state index in [9.17, 15) is 0 Å². The highest BCUT2D eigenvalue weighted by Gasteiger charge is 1.94. The summed E-state index contributed by atoms with van der Waals surface area (Å²) in [5.41, 5.74) is 4.21. The van der Waals surface area contributed by atoms with Gasteiger partial charge in [-0.2, -0.15) is 11.8 Å². The molecule has 0 unspecified atom stereocenters. The lowest BCUT2D eigenvalue weighted by atomic mass is 10.1. The van der Waals surface area contributed by atoms with Crippen molar-refractivity contribution in [3.05, 3.63) is 34.9 Å². The maximum Gasteiger partial charge on any atom is 0.0184 e. The molecule has 12 heavy (non-hydrogen) atoms. The van der Waals surface area contributed by atoms with Crippen LogP contribution in [0.2, 0.25) is 0 Å². The maximum absolute atomic E-state index is 2.27. The summed E-state index contributed by atoms with van der Waals surface area (Å²) in [7, 11) is 0. The number of benzene rings is 1. The zero-order valence-electron chi connectivity index (χ0n) is 8.05. The van der Waals surface area contributed by atoms with Gasteiger partial charge in [-0.05, 0) is 25.2 Å². The van der Waals surface area contributed by atoms with Crippen LogP contribution in [0.3, 0.4) is 0 Å². The van der Waals surface area contributed by atoms with Gasteiger partial charge >= 0.3 is 0 Å². The molecule has 0 radical (unpaired) electrons. The van der Waals surface area contributed by atoms with Crippen LogP contribution in [0.4, 0.5) is 0 Å². The lowest BCUT2D eigenvalue weighted by Gasteiger charge is -2.03. The van der Waals surface area contributed by atoms with Gasteiger partial charge in [-0.15, -0.1) is 0 Å². The summed E-state index contributed by atoms with van der Waals surface area (Å²) >= 11 is 1.98. The molecule has 0 aliphatic carbocycles. The summed E-state index contributed by atoms with van der Waals surface area (Å²) in [6.07, 6.45) is 0. The van der Waals surface area contributed by atoms with E-state index in [1.807, 2.05) is 11.8 Å². The lowest BCUT2D eigenvalue weighted by molar-refractivity contribution is 1.30.